The summed E-state index contributed by atoms with van der Waals surface area (Å²) in [5.74, 6) is 1.67. The highest BCUT2D eigenvalue weighted by atomic mass is 16.5. The smallest absolute Gasteiger partial charge is 0.138 e. The third-order valence-electron chi connectivity index (χ3n) is 3.46. The average molecular weight is 282 g/mol. The monoisotopic (exact) mass is 282 g/mol. The summed E-state index contributed by atoms with van der Waals surface area (Å²) in [6.07, 6.45) is 4.65. The SMILES string of the molecule is CCc1nn(C)cc1Nc1nccc2cc(OC)ccc12. The third kappa shape index (κ3) is 2.54. The summed E-state index contributed by atoms with van der Waals surface area (Å²) in [4.78, 5) is 4.45. The number of aromatic nitrogens is 3. The van der Waals surface area contributed by atoms with Gasteiger partial charge in [0.2, 0.25) is 0 Å². The van der Waals surface area contributed by atoms with Crippen LogP contribution in [0.25, 0.3) is 10.8 Å². The Kier molecular flexibility index (Phi) is 3.48. The highest BCUT2D eigenvalue weighted by Crippen LogP contribution is 2.28. The quantitative estimate of drug-likeness (QED) is 0.798. The minimum atomic E-state index is 0.831. The number of benzene rings is 1. The highest BCUT2D eigenvalue weighted by molar-refractivity contribution is 5.94. The zero-order valence-corrected chi connectivity index (χ0v) is 12.4. The Hall–Kier alpha value is -2.56. The van der Waals surface area contributed by atoms with Gasteiger partial charge in [-0.2, -0.15) is 5.10 Å². The second kappa shape index (κ2) is 5.44. The third-order valence-corrected chi connectivity index (χ3v) is 3.46. The first kappa shape index (κ1) is 13.4. The molecule has 0 bridgehead atoms. The number of anilines is 2. The van der Waals surface area contributed by atoms with Crippen LogP contribution in [-0.2, 0) is 13.5 Å². The van der Waals surface area contributed by atoms with Gasteiger partial charge in [0.25, 0.3) is 0 Å². The molecular formula is C16H18N4O. The van der Waals surface area contributed by atoms with Crippen LogP contribution in [0, 0.1) is 0 Å². The van der Waals surface area contributed by atoms with E-state index in [1.807, 2.05) is 42.2 Å². The lowest BCUT2D eigenvalue weighted by Crippen LogP contribution is -1.96. The zero-order chi connectivity index (χ0) is 14.8. The molecule has 0 atom stereocenters. The molecule has 0 unspecified atom stereocenters. The summed E-state index contributed by atoms with van der Waals surface area (Å²) < 4.78 is 7.08. The van der Waals surface area contributed by atoms with Crippen molar-refractivity contribution in [1.29, 1.82) is 0 Å². The van der Waals surface area contributed by atoms with Crippen LogP contribution in [0.4, 0.5) is 11.5 Å². The van der Waals surface area contributed by atoms with Gasteiger partial charge >= 0.3 is 0 Å². The molecular weight excluding hydrogens is 264 g/mol. The molecule has 1 aromatic carbocycles. The fraction of sp³-hybridized carbons (Fsp3) is 0.250. The lowest BCUT2D eigenvalue weighted by molar-refractivity contribution is 0.415. The van der Waals surface area contributed by atoms with Gasteiger partial charge in [0.1, 0.15) is 11.6 Å². The van der Waals surface area contributed by atoms with Gasteiger partial charge < -0.3 is 10.1 Å². The Balaban J connectivity index is 2.04. The standard InChI is InChI=1S/C16H18N4O/c1-4-14-15(10-20(2)19-14)18-16-13-6-5-12(21-3)9-11(13)7-8-17-16/h5-10H,4H2,1-3H3,(H,17,18). The maximum absolute atomic E-state index is 5.27. The number of pyridine rings is 1. The van der Waals surface area contributed by atoms with Gasteiger partial charge in [0.15, 0.2) is 0 Å². The molecule has 3 rings (SSSR count). The molecule has 0 saturated heterocycles. The molecule has 5 nitrogen and oxygen atoms in total. The lowest BCUT2D eigenvalue weighted by Gasteiger charge is -2.09. The predicted octanol–water partition coefficient (Wildman–Crippen LogP) is 3.28. The molecule has 0 spiro atoms. The van der Waals surface area contributed by atoms with E-state index in [9.17, 15) is 0 Å². The van der Waals surface area contributed by atoms with E-state index in [1.54, 1.807) is 13.3 Å². The van der Waals surface area contributed by atoms with Crippen LogP contribution in [0.2, 0.25) is 0 Å². The second-order valence-corrected chi connectivity index (χ2v) is 4.89. The van der Waals surface area contributed by atoms with Crippen molar-refractivity contribution in [3.8, 4) is 5.75 Å². The highest BCUT2D eigenvalue weighted by Gasteiger charge is 2.09. The molecule has 0 fully saturated rings. The van der Waals surface area contributed by atoms with Crippen LogP contribution >= 0.6 is 0 Å². The second-order valence-electron chi connectivity index (χ2n) is 4.89. The Bertz CT molecular complexity index is 779. The van der Waals surface area contributed by atoms with Crippen molar-refractivity contribution >= 4 is 22.3 Å². The largest absolute Gasteiger partial charge is 0.497 e. The summed E-state index contributed by atoms with van der Waals surface area (Å²) in [5.41, 5.74) is 2.03. The first-order chi connectivity index (χ1) is 10.2. The molecule has 0 aliphatic heterocycles. The number of nitrogens with one attached hydrogen (secondary N) is 1. The molecule has 1 N–H and O–H groups in total. The number of fused-ring (bicyclic) bond motifs is 1. The predicted molar refractivity (Wildman–Crippen MR) is 84.2 cm³/mol. The Labute approximate surface area is 123 Å². The van der Waals surface area contributed by atoms with Crippen molar-refractivity contribution in [2.75, 3.05) is 12.4 Å². The van der Waals surface area contributed by atoms with Crippen molar-refractivity contribution in [1.82, 2.24) is 14.8 Å². The average Bonchev–Trinajstić information content (AvgIpc) is 2.86. The fourth-order valence-corrected chi connectivity index (χ4v) is 2.41. The van der Waals surface area contributed by atoms with Gasteiger partial charge in [0, 0.05) is 24.8 Å². The number of methoxy groups -OCH3 is 1. The number of ether oxygens (including phenoxy) is 1. The summed E-state index contributed by atoms with van der Waals surface area (Å²) in [5, 5.41) is 9.98. The van der Waals surface area contributed by atoms with E-state index in [-0.39, 0.29) is 0 Å². The van der Waals surface area contributed by atoms with E-state index >= 15 is 0 Å². The Morgan fingerprint density at radius 2 is 2.14 bits per heavy atom. The zero-order valence-electron chi connectivity index (χ0n) is 12.4. The van der Waals surface area contributed by atoms with Crippen LogP contribution in [0.1, 0.15) is 12.6 Å². The van der Waals surface area contributed by atoms with Crippen molar-refractivity contribution in [3.63, 3.8) is 0 Å². The first-order valence-corrected chi connectivity index (χ1v) is 6.93. The van der Waals surface area contributed by atoms with Gasteiger partial charge in [0.05, 0.1) is 18.5 Å². The Morgan fingerprint density at radius 1 is 1.29 bits per heavy atom. The van der Waals surface area contributed by atoms with Gasteiger partial charge in [-0.25, -0.2) is 4.98 Å². The molecule has 3 aromatic rings. The normalized spacial score (nSPS) is 10.8. The molecule has 0 radical (unpaired) electrons. The van der Waals surface area contributed by atoms with E-state index < -0.39 is 0 Å². The maximum atomic E-state index is 5.27. The number of nitrogens with zero attached hydrogens (tertiary/aromatic N) is 3. The van der Waals surface area contributed by atoms with Crippen molar-refractivity contribution in [2.24, 2.45) is 7.05 Å². The first-order valence-electron chi connectivity index (χ1n) is 6.93. The molecule has 2 aromatic heterocycles. The number of hydrogen-bond donors (Lipinski definition) is 1. The maximum Gasteiger partial charge on any atom is 0.138 e. The van der Waals surface area contributed by atoms with E-state index in [2.05, 4.69) is 22.3 Å². The molecule has 0 amide bonds. The molecule has 108 valence electrons. The Morgan fingerprint density at radius 3 is 2.90 bits per heavy atom. The molecule has 2 heterocycles. The van der Waals surface area contributed by atoms with Crippen LogP contribution in [-0.4, -0.2) is 21.9 Å². The van der Waals surface area contributed by atoms with Crippen molar-refractivity contribution in [2.45, 2.75) is 13.3 Å². The minimum Gasteiger partial charge on any atom is -0.497 e. The molecule has 0 aliphatic carbocycles. The van der Waals surface area contributed by atoms with Crippen LogP contribution in [0.15, 0.2) is 36.7 Å². The molecule has 0 saturated carbocycles. The van der Waals surface area contributed by atoms with Crippen molar-refractivity contribution in [3.05, 3.63) is 42.4 Å². The summed E-state index contributed by atoms with van der Waals surface area (Å²) in [6.45, 7) is 2.09. The molecule has 21 heavy (non-hydrogen) atoms. The summed E-state index contributed by atoms with van der Waals surface area (Å²) in [7, 11) is 3.59. The summed E-state index contributed by atoms with van der Waals surface area (Å²) in [6, 6.07) is 7.95. The van der Waals surface area contributed by atoms with E-state index in [4.69, 9.17) is 4.74 Å². The van der Waals surface area contributed by atoms with E-state index in [0.29, 0.717) is 0 Å². The topological polar surface area (TPSA) is 52.0 Å². The molecule has 5 heteroatoms. The number of hydrogen-bond acceptors (Lipinski definition) is 4. The minimum absolute atomic E-state index is 0.831. The fourth-order valence-electron chi connectivity index (χ4n) is 2.41. The van der Waals surface area contributed by atoms with Gasteiger partial charge in [-0.05, 0) is 36.1 Å². The van der Waals surface area contributed by atoms with Crippen LogP contribution in [0.3, 0.4) is 0 Å². The van der Waals surface area contributed by atoms with Crippen LogP contribution in [0.5, 0.6) is 5.75 Å². The van der Waals surface area contributed by atoms with E-state index in [1.165, 1.54) is 0 Å². The van der Waals surface area contributed by atoms with E-state index in [0.717, 1.165) is 40.1 Å². The van der Waals surface area contributed by atoms with Gasteiger partial charge in [-0.15, -0.1) is 0 Å². The lowest BCUT2D eigenvalue weighted by atomic mass is 10.1. The summed E-state index contributed by atoms with van der Waals surface area (Å²) >= 11 is 0. The number of aryl methyl sites for hydroxylation is 2. The molecule has 0 aliphatic rings. The van der Waals surface area contributed by atoms with Gasteiger partial charge in [-0.3, -0.25) is 4.68 Å². The van der Waals surface area contributed by atoms with Crippen molar-refractivity contribution < 1.29 is 4.74 Å². The number of rotatable bonds is 4. The van der Waals surface area contributed by atoms with Gasteiger partial charge in [-0.1, -0.05) is 6.92 Å². The van der Waals surface area contributed by atoms with Crippen LogP contribution < -0.4 is 10.1 Å².